The van der Waals surface area contributed by atoms with Crippen molar-refractivity contribution in [1.82, 2.24) is 5.32 Å². The van der Waals surface area contributed by atoms with Gasteiger partial charge in [-0.05, 0) is 55.7 Å². The molecule has 6 heteroatoms. The highest BCUT2D eigenvalue weighted by Crippen LogP contribution is 2.35. The Kier molecular flexibility index (Phi) is 6.15. The molecule has 0 heterocycles. The fraction of sp³-hybridized carbons (Fsp3) is 0.500. The van der Waals surface area contributed by atoms with Gasteiger partial charge in [-0.3, -0.25) is 9.59 Å². The lowest BCUT2D eigenvalue weighted by Gasteiger charge is -2.41. The van der Waals surface area contributed by atoms with Crippen molar-refractivity contribution in [2.24, 2.45) is 0 Å². The topological polar surface area (TPSA) is 66.4 Å². The fourth-order valence-electron chi connectivity index (χ4n) is 2.55. The van der Waals surface area contributed by atoms with E-state index in [0.717, 1.165) is 36.3 Å². The third-order valence-electron chi connectivity index (χ3n) is 3.84. The zero-order chi connectivity index (χ0) is 16.0. The molecule has 1 saturated carbocycles. The van der Waals surface area contributed by atoms with E-state index in [1.165, 1.54) is 0 Å². The zero-order valence-electron chi connectivity index (χ0n) is 12.3. The predicted octanol–water partition coefficient (Wildman–Crippen LogP) is 3.73. The SMILES string of the molecule is O=C(O)CC1(NC(=O)CCCSc2ccc(Cl)cc2)CCC1. The van der Waals surface area contributed by atoms with Gasteiger partial charge in [0, 0.05) is 16.3 Å². The highest BCUT2D eigenvalue weighted by Gasteiger charge is 2.40. The van der Waals surface area contributed by atoms with E-state index in [4.69, 9.17) is 16.7 Å². The van der Waals surface area contributed by atoms with Crippen molar-refractivity contribution in [2.45, 2.75) is 49.0 Å². The summed E-state index contributed by atoms with van der Waals surface area (Å²) in [7, 11) is 0. The molecule has 0 aliphatic heterocycles. The molecule has 2 rings (SSSR count). The number of hydrogen-bond donors (Lipinski definition) is 2. The third-order valence-corrected chi connectivity index (χ3v) is 5.19. The number of halogens is 1. The van der Waals surface area contributed by atoms with Crippen molar-refractivity contribution in [2.75, 3.05) is 5.75 Å². The van der Waals surface area contributed by atoms with Gasteiger partial charge in [-0.25, -0.2) is 0 Å². The molecule has 0 aromatic heterocycles. The minimum Gasteiger partial charge on any atom is -0.481 e. The van der Waals surface area contributed by atoms with Gasteiger partial charge in [0.25, 0.3) is 0 Å². The number of nitrogens with one attached hydrogen (secondary N) is 1. The highest BCUT2D eigenvalue weighted by molar-refractivity contribution is 7.99. The van der Waals surface area contributed by atoms with E-state index < -0.39 is 11.5 Å². The van der Waals surface area contributed by atoms with E-state index in [0.29, 0.717) is 11.4 Å². The van der Waals surface area contributed by atoms with Gasteiger partial charge in [0.1, 0.15) is 0 Å². The van der Waals surface area contributed by atoms with Gasteiger partial charge in [-0.15, -0.1) is 11.8 Å². The van der Waals surface area contributed by atoms with Crippen molar-refractivity contribution in [3.8, 4) is 0 Å². The number of thioether (sulfide) groups is 1. The summed E-state index contributed by atoms with van der Waals surface area (Å²) in [5.74, 6) is -0.0444. The molecule has 1 aliphatic rings. The Hall–Kier alpha value is -1.20. The molecule has 1 aromatic carbocycles. The molecule has 1 amide bonds. The van der Waals surface area contributed by atoms with Crippen LogP contribution in [0.3, 0.4) is 0 Å². The Morgan fingerprint density at radius 2 is 1.95 bits per heavy atom. The Labute approximate surface area is 139 Å². The summed E-state index contributed by atoms with van der Waals surface area (Å²) in [4.78, 5) is 24.0. The molecule has 0 unspecified atom stereocenters. The molecule has 0 spiro atoms. The molecule has 4 nitrogen and oxygen atoms in total. The van der Waals surface area contributed by atoms with E-state index in [1.807, 2.05) is 24.3 Å². The monoisotopic (exact) mass is 341 g/mol. The first-order valence-corrected chi connectivity index (χ1v) is 8.77. The molecule has 1 fully saturated rings. The minimum absolute atomic E-state index is 0.0261. The normalized spacial score (nSPS) is 15.9. The van der Waals surface area contributed by atoms with Crippen LogP contribution >= 0.6 is 23.4 Å². The molecule has 2 N–H and O–H groups in total. The molecule has 1 aromatic rings. The maximum absolute atomic E-state index is 12.0. The highest BCUT2D eigenvalue weighted by atomic mass is 35.5. The summed E-state index contributed by atoms with van der Waals surface area (Å²) in [5.41, 5.74) is -0.494. The molecule has 0 radical (unpaired) electrons. The lowest BCUT2D eigenvalue weighted by atomic mass is 9.74. The fourth-order valence-corrected chi connectivity index (χ4v) is 3.53. The van der Waals surface area contributed by atoms with E-state index in [1.54, 1.807) is 11.8 Å². The van der Waals surface area contributed by atoms with Gasteiger partial charge in [0.15, 0.2) is 0 Å². The Morgan fingerprint density at radius 1 is 1.27 bits per heavy atom. The van der Waals surface area contributed by atoms with Crippen LogP contribution in [0.4, 0.5) is 0 Å². The number of carboxylic acids is 1. The van der Waals surface area contributed by atoms with Crippen molar-refractivity contribution in [1.29, 1.82) is 0 Å². The van der Waals surface area contributed by atoms with Crippen LogP contribution in [0.25, 0.3) is 0 Å². The standard InChI is InChI=1S/C16H20ClNO3S/c17-12-4-6-13(7-5-12)22-10-1-3-14(19)18-16(8-2-9-16)11-15(20)21/h4-7H,1-3,8-11H2,(H,18,19)(H,20,21). The predicted molar refractivity (Wildman–Crippen MR) is 88.4 cm³/mol. The second kappa shape index (κ2) is 7.88. The van der Waals surface area contributed by atoms with E-state index in [-0.39, 0.29) is 12.3 Å². The molecule has 0 atom stereocenters. The van der Waals surface area contributed by atoms with Gasteiger partial charge in [-0.1, -0.05) is 11.6 Å². The first-order chi connectivity index (χ1) is 10.5. The van der Waals surface area contributed by atoms with Gasteiger partial charge in [-0.2, -0.15) is 0 Å². The van der Waals surface area contributed by atoms with Crippen LogP contribution in [0.1, 0.15) is 38.5 Å². The van der Waals surface area contributed by atoms with Crippen molar-refractivity contribution in [3.63, 3.8) is 0 Å². The number of aliphatic carboxylic acids is 1. The molecule has 0 bridgehead atoms. The van der Waals surface area contributed by atoms with Gasteiger partial charge >= 0.3 is 5.97 Å². The van der Waals surface area contributed by atoms with Crippen LogP contribution in [-0.4, -0.2) is 28.3 Å². The largest absolute Gasteiger partial charge is 0.481 e. The van der Waals surface area contributed by atoms with Gasteiger partial charge in [0.2, 0.25) is 5.91 Å². The molecule has 0 saturated heterocycles. The van der Waals surface area contributed by atoms with Gasteiger partial charge < -0.3 is 10.4 Å². The summed E-state index contributed by atoms with van der Waals surface area (Å²) in [6.45, 7) is 0. The molecule has 22 heavy (non-hydrogen) atoms. The number of rotatable bonds is 8. The number of carboxylic acid groups (broad SMARTS) is 1. The maximum atomic E-state index is 12.0. The first-order valence-electron chi connectivity index (χ1n) is 7.40. The average molecular weight is 342 g/mol. The average Bonchev–Trinajstić information content (AvgIpc) is 2.42. The van der Waals surface area contributed by atoms with Crippen LogP contribution in [0.2, 0.25) is 5.02 Å². The van der Waals surface area contributed by atoms with Crippen molar-refractivity contribution >= 4 is 35.2 Å². The van der Waals surface area contributed by atoms with E-state index in [2.05, 4.69) is 5.32 Å². The van der Waals surface area contributed by atoms with Crippen LogP contribution in [0, 0.1) is 0 Å². The molecule has 1 aliphatic carbocycles. The summed E-state index contributed by atoms with van der Waals surface area (Å²) >= 11 is 7.51. The number of benzene rings is 1. The first kappa shape index (κ1) is 17.2. The zero-order valence-corrected chi connectivity index (χ0v) is 13.9. The number of carbonyl (C=O) groups is 2. The summed E-state index contributed by atoms with van der Waals surface area (Å²) in [6, 6.07) is 7.62. The Bertz CT molecular complexity index is 529. The Morgan fingerprint density at radius 3 is 2.50 bits per heavy atom. The Balaban J connectivity index is 1.67. The molecule has 120 valence electrons. The van der Waals surface area contributed by atoms with E-state index in [9.17, 15) is 9.59 Å². The van der Waals surface area contributed by atoms with Crippen LogP contribution < -0.4 is 5.32 Å². The summed E-state index contributed by atoms with van der Waals surface area (Å²) in [6.07, 6.45) is 3.75. The van der Waals surface area contributed by atoms with Crippen LogP contribution in [-0.2, 0) is 9.59 Å². The smallest absolute Gasteiger partial charge is 0.305 e. The van der Waals surface area contributed by atoms with Crippen molar-refractivity contribution < 1.29 is 14.7 Å². The third kappa shape index (κ3) is 5.21. The second-order valence-corrected chi connectivity index (χ2v) is 7.26. The minimum atomic E-state index is -0.849. The van der Waals surface area contributed by atoms with Crippen LogP contribution in [0.15, 0.2) is 29.2 Å². The lowest BCUT2D eigenvalue weighted by molar-refractivity contribution is -0.140. The number of amides is 1. The molecular formula is C16H20ClNO3S. The molecular weight excluding hydrogens is 322 g/mol. The lowest BCUT2D eigenvalue weighted by Crippen LogP contribution is -2.54. The summed E-state index contributed by atoms with van der Waals surface area (Å²) < 4.78 is 0. The summed E-state index contributed by atoms with van der Waals surface area (Å²) in [5, 5.41) is 12.6. The van der Waals surface area contributed by atoms with Crippen molar-refractivity contribution in [3.05, 3.63) is 29.3 Å². The van der Waals surface area contributed by atoms with Crippen LogP contribution in [0.5, 0.6) is 0 Å². The number of carbonyl (C=O) groups excluding carboxylic acids is 1. The second-order valence-electron chi connectivity index (χ2n) is 5.66. The maximum Gasteiger partial charge on any atom is 0.305 e. The van der Waals surface area contributed by atoms with E-state index >= 15 is 0 Å². The van der Waals surface area contributed by atoms with Gasteiger partial charge in [0.05, 0.1) is 12.0 Å². The number of hydrogen-bond acceptors (Lipinski definition) is 3. The quantitative estimate of drug-likeness (QED) is 0.558.